The van der Waals surface area contributed by atoms with Gasteiger partial charge in [-0.15, -0.1) is 5.10 Å². The summed E-state index contributed by atoms with van der Waals surface area (Å²) >= 11 is 0. The minimum atomic E-state index is -0.392. The van der Waals surface area contributed by atoms with Crippen LogP contribution in [-0.2, 0) is 20.7 Å². The molecule has 1 fully saturated rings. The van der Waals surface area contributed by atoms with Crippen molar-refractivity contribution in [2.24, 2.45) is 5.73 Å². The van der Waals surface area contributed by atoms with Crippen LogP contribution in [0.3, 0.4) is 0 Å². The van der Waals surface area contributed by atoms with Crippen molar-refractivity contribution in [1.82, 2.24) is 15.0 Å². The number of carbonyl (C=O) groups is 1. The van der Waals surface area contributed by atoms with Gasteiger partial charge in [0.1, 0.15) is 0 Å². The lowest BCUT2D eigenvalue weighted by Gasteiger charge is -2.19. The van der Waals surface area contributed by atoms with Gasteiger partial charge in [0, 0.05) is 19.6 Å². The Morgan fingerprint density at radius 2 is 2.45 bits per heavy atom. The first-order valence-corrected chi connectivity index (χ1v) is 6.96. The molecule has 0 bridgehead atoms. The van der Waals surface area contributed by atoms with Crippen LogP contribution in [0.4, 0.5) is 0 Å². The third-order valence-corrected chi connectivity index (χ3v) is 3.64. The second kappa shape index (κ2) is 6.81. The maximum atomic E-state index is 11.2. The van der Waals surface area contributed by atoms with Gasteiger partial charge in [0.2, 0.25) is 5.91 Å². The Balaban J connectivity index is 2.34. The van der Waals surface area contributed by atoms with Crippen LogP contribution in [0.25, 0.3) is 0 Å². The topological polar surface area (TPSA) is 92.3 Å². The third kappa shape index (κ3) is 3.16. The molecule has 1 aromatic rings. The number of rotatable bonds is 7. The number of amides is 1. The van der Waals surface area contributed by atoms with Gasteiger partial charge < -0.3 is 15.2 Å². The summed E-state index contributed by atoms with van der Waals surface area (Å²) in [7, 11) is 1.67. The highest BCUT2D eigenvalue weighted by Gasteiger charge is 2.29. The summed E-state index contributed by atoms with van der Waals surface area (Å²) in [6.07, 6.45) is 1.92. The first kappa shape index (κ1) is 14.9. The van der Waals surface area contributed by atoms with Gasteiger partial charge in [-0.25, -0.2) is 4.68 Å². The number of hydrogen-bond donors (Lipinski definition) is 1. The first-order valence-electron chi connectivity index (χ1n) is 6.96. The van der Waals surface area contributed by atoms with Crippen molar-refractivity contribution >= 4 is 5.91 Å². The van der Waals surface area contributed by atoms with Crippen molar-refractivity contribution in [2.45, 2.75) is 38.1 Å². The van der Waals surface area contributed by atoms with E-state index >= 15 is 0 Å². The van der Waals surface area contributed by atoms with Crippen molar-refractivity contribution < 1.29 is 14.3 Å². The fourth-order valence-electron chi connectivity index (χ4n) is 2.62. The summed E-state index contributed by atoms with van der Waals surface area (Å²) in [6, 6.07) is 0.115. The van der Waals surface area contributed by atoms with E-state index in [1.54, 1.807) is 7.11 Å². The number of methoxy groups -OCH3 is 1. The quantitative estimate of drug-likeness (QED) is 0.782. The number of hydrogen-bond acceptors (Lipinski definition) is 5. The van der Waals surface area contributed by atoms with Crippen molar-refractivity contribution in [1.29, 1.82) is 0 Å². The molecule has 1 aromatic heterocycles. The summed E-state index contributed by atoms with van der Waals surface area (Å²) in [5, 5.41) is 8.38. The lowest BCUT2D eigenvalue weighted by Crippen LogP contribution is -2.21. The molecule has 1 amide bonds. The maximum absolute atomic E-state index is 11.2. The summed E-state index contributed by atoms with van der Waals surface area (Å²) < 4.78 is 12.6. The third-order valence-electron chi connectivity index (χ3n) is 3.64. The number of aromatic nitrogens is 3. The Hall–Kier alpha value is -1.47. The van der Waals surface area contributed by atoms with E-state index in [2.05, 4.69) is 17.2 Å². The molecule has 112 valence electrons. The molecule has 0 radical (unpaired) electrons. The molecule has 1 saturated heterocycles. The van der Waals surface area contributed by atoms with Crippen LogP contribution in [0.2, 0.25) is 0 Å². The molecule has 2 rings (SSSR count). The second-order valence-corrected chi connectivity index (χ2v) is 5.09. The van der Waals surface area contributed by atoms with Crippen LogP contribution in [0.1, 0.15) is 43.1 Å². The maximum Gasteiger partial charge on any atom is 0.223 e. The molecule has 20 heavy (non-hydrogen) atoms. The van der Waals surface area contributed by atoms with Gasteiger partial charge in [-0.3, -0.25) is 4.79 Å². The average molecular weight is 282 g/mol. The summed E-state index contributed by atoms with van der Waals surface area (Å²) in [6.45, 7) is 4.01. The van der Waals surface area contributed by atoms with E-state index in [-0.39, 0.29) is 18.4 Å². The van der Waals surface area contributed by atoms with E-state index in [1.165, 1.54) is 0 Å². The number of nitrogens with zero attached hydrogens (tertiary/aromatic N) is 3. The number of ether oxygens (including phenoxy) is 2. The van der Waals surface area contributed by atoms with Gasteiger partial charge in [0.15, 0.2) is 0 Å². The Kier molecular flexibility index (Phi) is 5.08. The van der Waals surface area contributed by atoms with E-state index < -0.39 is 5.91 Å². The lowest BCUT2D eigenvalue weighted by atomic mass is 10.0. The van der Waals surface area contributed by atoms with Gasteiger partial charge in [-0.2, -0.15) is 0 Å². The van der Waals surface area contributed by atoms with E-state index in [0.717, 1.165) is 25.1 Å². The van der Waals surface area contributed by atoms with E-state index in [9.17, 15) is 4.79 Å². The molecule has 1 aliphatic heterocycles. The van der Waals surface area contributed by atoms with Crippen molar-refractivity contribution in [3.05, 3.63) is 11.4 Å². The second-order valence-electron chi connectivity index (χ2n) is 5.09. The zero-order valence-electron chi connectivity index (χ0n) is 12.0. The molecule has 2 heterocycles. The standard InChI is InChI=1S/C13H22N4O3/c1-3-10(8-19-2)17-13(9-4-5-20-7-9)11(15-16-17)6-12(14)18/h9-10H,3-8H2,1-2H3,(H2,14,18). The SMILES string of the molecule is CCC(COC)n1nnc(CC(N)=O)c1C1CCOC1. The van der Waals surface area contributed by atoms with Gasteiger partial charge in [-0.1, -0.05) is 12.1 Å². The van der Waals surface area contributed by atoms with Gasteiger partial charge >= 0.3 is 0 Å². The van der Waals surface area contributed by atoms with Gasteiger partial charge in [0.05, 0.1) is 37.1 Å². The lowest BCUT2D eigenvalue weighted by molar-refractivity contribution is -0.117. The van der Waals surface area contributed by atoms with Crippen LogP contribution in [0, 0.1) is 0 Å². The molecule has 7 heteroatoms. The highest BCUT2D eigenvalue weighted by molar-refractivity contribution is 5.76. The van der Waals surface area contributed by atoms with Gasteiger partial charge in [0.25, 0.3) is 0 Å². The van der Waals surface area contributed by atoms with E-state index in [0.29, 0.717) is 18.9 Å². The molecule has 0 spiro atoms. The predicted molar refractivity (Wildman–Crippen MR) is 72.3 cm³/mol. The highest BCUT2D eigenvalue weighted by Crippen LogP contribution is 2.30. The monoisotopic (exact) mass is 282 g/mol. The summed E-state index contributed by atoms with van der Waals surface area (Å²) in [4.78, 5) is 11.2. The van der Waals surface area contributed by atoms with Crippen LogP contribution >= 0.6 is 0 Å². The Morgan fingerprint density at radius 3 is 3.00 bits per heavy atom. The fourth-order valence-corrected chi connectivity index (χ4v) is 2.62. The molecule has 0 saturated carbocycles. The smallest absolute Gasteiger partial charge is 0.223 e. The van der Waals surface area contributed by atoms with Crippen LogP contribution in [-0.4, -0.2) is 47.8 Å². The molecular formula is C13H22N4O3. The molecule has 1 aliphatic rings. The number of primary amides is 1. The fraction of sp³-hybridized carbons (Fsp3) is 0.769. The summed E-state index contributed by atoms with van der Waals surface area (Å²) in [5.74, 6) is -0.165. The predicted octanol–water partition coefficient (Wildman–Crippen LogP) is 0.407. The van der Waals surface area contributed by atoms with Crippen LogP contribution < -0.4 is 5.73 Å². The summed E-state index contributed by atoms with van der Waals surface area (Å²) in [5.41, 5.74) is 6.94. The normalized spacial score (nSPS) is 20.2. The largest absolute Gasteiger partial charge is 0.382 e. The van der Waals surface area contributed by atoms with E-state index in [4.69, 9.17) is 15.2 Å². The Morgan fingerprint density at radius 1 is 1.65 bits per heavy atom. The molecule has 2 unspecified atom stereocenters. The van der Waals surface area contributed by atoms with Crippen LogP contribution in [0.15, 0.2) is 0 Å². The van der Waals surface area contributed by atoms with Gasteiger partial charge in [-0.05, 0) is 12.8 Å². The molecule has 2 N–H and O–H groups in total. The number of nitrogens with two attached hydrogens (primary N) is 1. The minimum Gasteiger partial charge on any atom is -0.382 e. The first-order chi connectivity index (χ1) is 9.67. The Bertz CT molecular complexity index is 454. The zero-order chi connectivity index (χ0) is 14.5. The average Bonchev–Trinajstić information content (AvgIpc) is 3.04. The number of carbonyl (C=O) groups excluding carboxylic acids is 1. The molecular weight excluding hydrogens is 260 g/mol. The Labute approximate surface area is 118 Å². The zero-order valence-corrected chi connectivity index (χ0v) is 12.0. The van der Waals surface area contributed by atoms with Crippen molar-refractivity contribution in [3.63, 3.8) is 0 Å². The minimum absolute atomic E-state index is 0.115. The molecule has 2 atom stereocenters. The molecule has 0 aliphatic carbocycles. The van der Waals surface area contributed by atoms with Crippen molar-refractivity contribution in [3.8, 4) is 0 Å². The highest BCUT2D eigenvalue weighted by atomic mass is 16.5. The van der Waals surface area contributed by atoms with Crippen LogP contribution in [0.5, 0.6) is 0 Å². The van der Waals surface area contributed by atoms with Crippen molar-refractivity contribution in [2.75, 3.05) is 26.9 Å². The molecule has 0 aromatic carbocycles. The van der Waals surface area contributed by atoms with E-state index in [1.807, 2.05) is 4.68 Å². The molecule has 7 nitrogen and oxygen atoms in total.